The van der Waals surface area contributed by atoms with Crippen molar-refractivity contribution in [3.63, 3.8) is 0 Å². The van der Waals surface area contributed by atoms with Crippen LogP contribution in [0.4, 0.5) is 10.1 Å². The summed E-state index contributed by atoms with van der Waals surface area (Å²) in [4.78, 5) is 12.7. The van der Waals surface area contributed by atoms with E-state index in [2.05, 4.69) is 15.5 Å². The third-order valence-electron chi connectivity index (χ3n) is 4.39. The molecule has 0 bridgehead atoms. The van der Waals surface area contributed by atoms with Crippen LogP contribution in [-0.2, 0) is 16.1 Å². The Morgan fingerprint density at radius 2 is 1.97 bits per heavy atom. The molecule has 0 aliphatic rings. The Bertz CT molecular complexity index is 1050. The van der Waals surface area contributed by atoms with Crippen molar-refractivity contribution in [3.8, 4) is 11.4 Å². The Morgan fingerprint density at radius 1 is 1.23 bits per heavy atom. The van der Waals surface area contributed by atoms with Crippen LogP contribution in [-0.4, -0.2) is 39.6 Å². The Kier molecular flexibility index (Phi) is 8.31. The van der Waals surface area contributed by atoms with Crippen molar-refractivity contribution in [1.29, 1.82) is 0 Å². The van der Waals surface area contributed by atoms with E-state index in [0.29, 0.717) is 34.8 Å². The molecule has 31 heavy (non-hydrogen) atoms. The molecule has 0 fully saturated rings. The van der Waals surface area contributed by atoms with Gasteiger partial charge in [0.1, 0.15) is 5.82 Å². The number of ether oxygens (including phenoxy) is 1. The average Bonchev–Trinajstić information content (AvgIpc) is 3.13. The smallest absolute Gasteiger partial charge is 0.237 e. The lowest BCUT2D eigenvalue weighted by molar-refractivity contribution is -0.115. The van der Waals surface area contributed by atoms with Crippen LogP contribution < -0.4 is 5.32 Å². The molecule has 10 heteroatoms. The molecule has 0 saturated heterocycles. The van der Waals surface area contributed by atoms with E-state index < -0.39 is 11.1 Å². The summed E-state index contributed by atoms with van der Waals surface area (Å²) in [6.45, 7) is 2.97. The van der Waals surface area contributed by atoms with E-state index in [1.807, 2.05) is 16.7 Å². The lowest BCUT2D eigenvalue weighted by Crippen LogP contribution is -2.23. The van der Waals surface area contributed by atoms with Crippen LogP contribution in [0.25, 0.3) is 11.4 Å². The number of amides is 1. The first kappa shape index (κ1) is 23.5. The van der Waals surface area contributed by atoms with E-state index >= 15 is 0 Å². The van der Waals surface area contributed by atoms with Crippen LogP contribution in [0.2, 0.25) is 10.0 Å². The van der Waals surface area contributed by atoms with Gasteiger partial charge in [0.25, 0.3) is 0 Å². The molecule has 6 nitrogen and oxygen atoms in total. The highest BCUT2D eigenvalue weighted by molar-refractivity contribution is 8.00. The van der Waals surface area contributed by atoms with Gasteiger partial charge in [-0.3, -0.25) is 4.79 Å². The Labute approximate surface area is 194 Å². The van der Waals surface area contributed by atoms with E-state index in [0.717, 1.165) is 18.1 Å². The Balaban J connectivity index is 1.78. The Hall–Kier alpha value is -2.13. The van der Waals surface area contributed by atoms with Crippen molar-refractivity contribution in [3.05, 3.63) is 58.3 Å². The number of methoxy groups -OCH3 is 1. The van der Waals surface area contributed by atoms with Crippen molar-refractivity contribution < 1.29 is 13.9 Å². The number of aromatic nitrogens is 3. The minimum absolute atomic E-state index is 0.137. The molecular weight excluding hydrogens is 462 g/mol. The van der Waals surface area contributed by atoms with Crippen LogP contribution in [0.15, 0.2) is 47.6 Å². The first-order valence-corrected chi connectivity index (χ1v) is 11.1. The van der Waals surface area contributed by atoms with Gasteiger partial charge in [0.2, 0.25) is 5.91 Å². The number of rotatable bonds is 9. The highest BCUT2D eigenvalue weighted by Gasteiger charge is 2.21. The van der Waals surface area contributed by atoms with Crippen LogP contribution in [0.5, 0.6) is 0 Å². The van der Waals surface area contributed by atoms with Crippen molar-refractivity contribution in [2.45, 2.75) is 30.3 Å². The van der Waals surface area contributed by atoms with Crippen LogP contribution in [0.3, 0.4) is 0 Å². The van der Waals surface area contributed by atoms with Gasteiger partial charge in [0.05, 0.1) is 16.0 Å². The maximum absolute atomic E-state index is 13.2. The second-order valence-corrected chi connectivity index (χ2v) is 8.84. The largest absolute Gasteiger partial charge is 0.385 e. The van der Waals surface area contributed by atoms with Gasteiger partial charge in [-0.25, -0.2) is 4.39 Å². The second-order valence-electron chi connectivity index (χ2n) is 6.68. The van der Waals surface area contributed by atoms with Crippen LogP contribution in [0, 0.1) is 5.82 Å². The predicted octanol–water partition coefficient (Wildman–Crippen LogP) is 5.55. The van der Waals surface area contributed by atoms with Gasteiger partial charge in [-0.15, -0.1) is 10.2 Å². The average molecular weight is 483 g/mol. The summed E-state index contributed by atoms with van der Waals surface area (Å²) in [5.74, 6) is -0.0632. The second kappa shape index (κ2) is 10.9. The summed E-state index contributed by atoms with van der Waals surface area (Å²) in [5.41, 5.74) is 1.22. The molecule has 0 radical (unpaired) electrons. The number of nitrogens with one attached hydrogen (secondary N) is 1. The third-order valence-corrected chi connectivity index (χ3v) is 6.04. The molecule has 164 valence electrons. The van der Waals surface area contributed by atoms with Crippen molar-refractivity contribution in [1.82, 2.24) is 14.8 Å². The van der Waals surface area contributed by atoms with Crippen molar-refractivity contribution in [2.24, 2.45) is 0 Å². The minimum Gasteiger partial charge on any atom is -0.385 e. The molecule has 0 saturated carbocycles. The summed E-state index contributed by atoms with van der Waals surface area (Å²) < 4.78 is 20.4. The first-order chi connectivity index (χ1) is 14.9. The maximum Gasteiger partial charge on any atom is 0.237 e. The fourth-order valence-electron chi connectivity index (χ4n) is 2.79. The molecule has 1 atom stereocenters. The van der Waals surface area contributed by atoms with E-state index in [1.54, 1.807) is 26.2 Å². The predicted molar refractivity (Wildman–Crippen MR) is 122 cm³/mol. The fourth-order valence-corrected chi connectivity index (χ4v) is 4.01. The van der Waals surface area contributed by atoms with Gasteiger partial charge in [0, 0.05) is 30.8 Å². The number of carbonyl (C=O) groups is 1. The van der Waals surface area contributed by atoms with Gasteiger partial charge in [0.15, 0.2) is 11.0 Å². The maximum atomic E-state index is 13.2. The zero-order chi connectivity index (χ0) is 22.4. The minimum atomic E-state index is -0.496. The molecule has 3 aromatic rings. The zero-order valence-corrected chi connectivity index (χ0v) is 19.3. The summed E-state index contributed by atoms with van der Waals surface area (Å²) in [7, 11) is 1.65. The number of halogens is 3. The van der Waals surface area contributed by atoms with Gasteiger partial charge in [-0.2, -0.15) is 0 Å². The standard InChI is InChI=1S/C21H21Cl2FN4O2S/c1-13(20(29)25-18-9-8-16(24)12-17(18)23)31-21-27-26-19(28(21)10-3-11-30-2)14-4-6-15(22)7-5-14/h4-9,12-13H,3,10-11H2,1-2H3,(H,25,29)/t13-/m1/s1. The number of hydrogen-bond donors (Lipinski definition) is 1. The molecule has 1 heterocycles. The van der Waals surface area contributed by atoms with Gasteiger partial charge >= 0.3 is 0 Å². The van der Waals surface area contributed by atoms with Gasteiger partial charge in [-0.1, -0.05) is 35.0 Å². The van der Waals surface area contributed by atoms with Crippen LogP contribution >= 0.6 is 35.0 Å². The summed E-state index contributed by atoms with van der Waals surface area (Å²) >= 11 is 13.3. The van der Waals surface area contributed by atoms with Gasteiger partial charge < -0.3 is 14.6 Å². The molecule has 1 amide bonds. The lowest BCUT2D eigenvalue weighted by Gasteiger charge is -2.14. The van der Waals surface area contributed by atoms with Gasteiger partial charge in [-0.05, 0) is 55.8 Å². The molecule has 0 aliphatic heterocycles. The fraction of sp³-hybridized carbons (Fsp3) is 0.286. The molecular formula is C21H21Cl2FN4O2S. The number of nitrogens with zero attached hydrogens (tertiary/aromatic N) is 3. The molecule has 3 rings (SSSR count). The summed E-state index contributed by atoms with van der Waals surface area (Å²) in [5, 5.41) is 12.2. The highest BCUT2D eigenvalue weighted by Crippen LogP contribution is 2.29. The molecule has 2 aromatic carbocycles. The third kappa shape index (κ3) is 6.20. The molecule has 1 N–H and O–H groups in total. The lowest BCUT2D eigenvalue weighted by atomic mass is 10.2. The number of hydrogen-bond acceptors (Lipinski definition) is 5. The molecule has 0 unspecified atom stereocenters. The normalized spacial score (nSPS) is 12.0. The molecule has 0 spiro atoms. The number of benzene rings is 2. The topological polar surface area (TPSA) is 69.0 Å². The molecule has 0 aliphatic carbocycles. The highest BCUT2D eigenvalue weighted by atomic mass is 35.5. The van der Waals surface area contributed by atoms with Crippen molar-refractivity contribution >= 4 is 46.6 Å². The van der Waals surface area contributed by atoms with Crippen molar-refractivity contribution in [2.75, 3.05) is 19.0 Å². The summed E-state index contributed by atoms with van der Waals surface area (Å²) in [6, 6.07) is 11.2. The van der Waals surface area contributed by atoms with E-state index in [9.17, 15) is 9.18 Å². The number of anilines is 1. The monoisotopic (exact) mass is 482 g/mol. The first-order valence-electron chi connectivity index (χ1n) is 9.49. The van der Waals surface area contributed by atoms with E-state index in [-0.39, 0.29) is 10.9 Å². The number of thioether (sulfide) groups is 1. The van der Waals surface area contributed by atoms with E-state index in [1.165, 1.54) is 23.9 Å². The number of carbonyl (C=O) groups excluding carboxylic acids is 1. The Morgan fingerprint density at radius 3 is 2.65 bits per heavy atom. The SMILES string of the molecule is COCCCn1c(S[C@H](C)C(=O)Nc2ccc(F)cc2Cl)nnc1-c1ccc(Cl)cc1. The van der Waals surface area contributed by atoms with Crippen LogP contribution in [0.1, 0.15) is 13.3 Å². The quantitative estimate of drug-likeness (QED) is 0.320. The summed E-state index contributed by atoms with van der Waals surface area (Å²) in [6.07, 6.45) is 0.758. The van der Waals surface area contributed by atoms with E-state index in [4.69, 9.17) is 27.9 Å². The molecule has 1 aromatic heterocycles. The zero-order valence-electron chi connectivity index (χ0n) is 16.9.